The number of aromatic nitrogens is 2. The number of thioether (sulfide) groups is 1. The Kier molecular flexibility index (Phi) is 3.07. The molecule has 2 aromatic heterocycles. The zero-order chi connectivity index (χ0) is 12.4. The molecule has 0 amide bonds. The van der Waals surface area contributed by atoms with Crippen LogP contribution in [0.4, 0.5) is 0 Å². The molecular weight excluding hydrogens is 240 g/mol. The molecule has 0 bridgehead atoms. The summed E-state index contributed by atoms with van der Waals surface area (Å²) in [6.45, 7) is 2.21. The number of fused-ring (bicyclic) bond motifs is 1. The molecular formula is C15H14N2S. The Morgan fingerprint density at radius 1 is 1.06 bits per heavy atom. The Balaban J connectivity index is 1.89. The van der Waals surface area contributed by atoms with Crippen molar-refractivity contribution in [3.8, 4) is 0 Å². The fourth-order valence-electron chi connectivity index (χ4n) is 1.96. The average molecular weight is 254 g/mol. The summed E-state index contributed by atoms with van der Waals surface area (Å²) >= 11 is 1.78. The van der Waals surface area contributed by atoms with E-state index in [0.29, 0.717) is 5.25 Å². The van der Waals surface area contributed by atoms with Gasteiger partial charge in [0.25, 0.3) is 0 Å². The average Bonchev–Trinajstić information content (AvgIpc) is 2.83. The van der Waals surface area contributed by atoms with Crippen LogP contribution >= 0.6 is 11.8 Å². The third-order valence-electron chi connectivity index (χ3n) is 2.96. The smallest absolute Gasteiger partial charge is 0.173 e. The Hall–Kier alpha value is -1.74. The van der Waals surface area contributed by atoms with E-state index in [4.69, 9.17) is 0 Å². The van der Waals surface area contributed by atoms with Crippen LogP contribution in [-0.4, -0.2) is 9.38 Å². The summed E-state index contributed by atoms with van der Waals surface area (Å²) in [5.74, 6) is 0. The maximum absolute atomic E-state index is 4.49. The molecule has 18 heavy (non-hydrogen) atoms. The molecule has 0 N–H and O–H groups in total. The first kappa shape index (κ1) is 11.4. The third-order valence-corrected chi connectivity index (χ3v) is 4.09. The number of imidazole rings is 1. The first-order valence-corrected chi connectivity index (χ1v) is 6.86. The number of nitrogens with zero attached hydrogens (tertiary/aromatic N) is 2. The van der Waals surface area contributed by atoms with Gasteiger partial charge in [-0.15, -0.1) is 0 Å². The molecule has 1 atom stereocenters. The molecule has 3 rings (SSSR count). The van der Waals surface area contributed by atoms with Crippen molar-refractivity contribution in [2.45, 2.75) is 17.3 Å². The van der Waals surface area contributed by atoms with E-state index < -0.39 is 0 Å². The fourth-order valence-corrected chi connectivity index (χ4v) is 2.96. The molecule has 3 heteroatoms. The van der Waals surface area contributed by atoms with Crippen molar-refractivity contribution in [3.05, 3.63) is 66.5 Å². The Labute approximate surface area is 111 Å². The van der Waals surface area contributed by atoms with Gasteiger partial charge in [-0.2, -0.15) is 0 Å². The molecule has 90 valence electrons. The molecule has 1 unspecified atom stereocenters. The van der Waals surface area contributed by atoms with Gasteiger partial charge in [0.05, 0.1) is 11.7 Å². The number of hydrogen-bond donors (Lipinski definition) is 0. The van der Waals surface area contributed by atoms with Crippen molar-refractivity contribution in [2.75, 3.05) is 0 Å². The second-order valence-electron chi connectivity index (χ2n) is 4.21. The molecule has 1 aromatic carbocycles. The monoisotopic (exact) mass is 254 g/mol. The standard InChI is InChI=1S/C15H14N2S/c1-12(13-7-3-2-4-8-13)18-15-16-11-14-9-5-6-10-17(14)15/h2-12H,1H3. The van der Waals surface area contributed by atoms with Crippen molar-refractivity contribution in [1.29, 1.82) is 0 Å². The van der Waals surface area contributed by atoms with Crippen LogP contribution in [-0.2, 0) is 0 Å². The van der Waals surface area contributed by atoms with Crippen molar-refractivity contribution in [2.24, 2.45) is 0 Å². The highest BCUT2D eigenvalue weighted by atomic mass is 32.2. The number of rotatable bonds is 3. The van der Waals surface area contributed by atoms with E-state index in [0.717, 1.165) is 10.7 Å². The summed E-state index contributed by atoms with van der Waals surface area (Å²) in [5, 5.41) is 1.44. The largest absolute Gasteiger partial charge is 0.295 e. The van der Waals surface area contributed by atoms with Crippen LogP contribution in [0.2, 0.25) is 0 Å². The Bertz CT molecular complexity index is 646. The minimum Gasteiger partial charge on any atom is -0.295 e. The minimum absolute atomic E-state index is 0.400. The van der Waals surface area contributed by atoms with Crippen LogP contribution in [0.1, 0.15) is 17.7 Å². The highest BCUT2D eigenvalue weighted by Crippen LogP contribution is 2.33. The second-order valence-corrected chi connectivity index (χ2v) is 5.51. The van der Waals surface area contributed by atoms with Gasteiger partial charge in [0.2, 0.25) is 0 Å². The zero-order valence-corrected chi connectivity index (χ0v) is 11.0. The van der Waals surface area contributed by atoms with Crippen LogP contribution in [0.5, 0.6) is 0 Å². The van der Waals surface area contributed by atoms with Gasteiger partial charge in [-0.05, 0) is 24.6 Å². The van der Waals surface area contributed by atoms with Gasteiger partial charge in [0.15, 0.2) is 5.16 Å². The van der Waals surface area contributed by atoms with E-state index in [-0.39, 0.29) is 0 Å². The normalized spacial score (nSPS) is 12.7. The summed E-state index contributed by atoms with van der Waals surface area (Å²) in [4.78, 5) is 4.49. The van der Waals surface area contributed by atoms with E-state index in [2.05, 4.69) is 52.8 Å². The predicted octanol–water partition coefficient (Wildman–Crippen LogP) is 4.19. The lowest BCUT2D eigenvalue weighted by molar-refractivity contribution is 0.944. The van der Waals surface area contributed by atoms with E-state index in [9.17, 15) is 0 Å². The lowest BCUT2D eigenvalue weighted by Gasteiger charge is -2.10. The van der Waals surface area contributed by atoms with E-state index in [1.807, 2.05) is 24.4 Å². The van der Waals surface area contributed by atoms with Crippen LogP contribution in [0, 0.1) is 0 Å². The van der Waals surface area contributed by atoms with Crippen LogP contribution in [0.25, 0.3) is 5.52 Å². The molecule has 0 spiro atoms. The van der Waals surface area contributed by atoms with Crippen molar-refractivity contribution in [1.82, 2.24) is 9.38 Å². The highest BCUT2D eigenvalue weighted by molar-refractivity contribution is 7.99. The van der Waals surface area contributed by atoms with E-state index in [1.165, 1.54) is 5.56 Å². The van der Waals surface area contributed by atoms with E-state index >= 15 is 0 Å². The molecule has 0 fully saturated rings. The summed E-state index contributed by atoms with van der Waals surface area (Å²) < 4.78 is 2.13. The maximum Gasteiger partial charge on any atom is 0.173 e. The molecule has 0 aliphatic heterocycles. The summed E-state index contributed by atoms with van der Waals surface area (Å²) in [7, 11) is 0. The highest BCUT2D eigenvalue weighted by Gasteiger charge is 2.10. The van der Waals surface area contributed by atoms with Gasteiger partial charge < -0.3 is 0 Å². The summed E-state index contributed by atoms with van der Waals surface area (Å²) in [6, 6.07) is 16.7. The van der Waals surface area contributed by atoms with Crippen molar-refractivity contribution in [3.63, 3.8) is 0 Å². The van der Waals surface area contributed by atoms with Gasteiger partial charge in [0, 0.05) is 11.4 Å². The zero-order valence-electron chi connectivity index (χ0n) is 10.2. The Morgan fingerprint density at radius 2 is 1.83 bits per heavy atom. The lowest BCUT2D eigenvalue weighted by atomic mass is 10.2. The summed E-state index contributed by atoms with van der Waals surface area (Å²) in [6.07, 6.45) is 3.97. The van der Waals surface area contributed by atoms with Crippen LogP contribution in [0.3, 0.4) is 0 Å². The SMILES string of the molecule is CC(Sc1ncc2ccccn12)c1ccccc1. The van der Waals surface area contributed by atoms with Gasteiger partial charge >= 0.3 is 0 Å². The van der Waals surface area contributed by atoms with Gasteiger partial charge in [-0.1, -0.05) is 48.2 Å². The van der Waals surface area contributed by atoms with Gasteiger partial charge in [0.1, 0.15) is 0 Å². The van der Waals surface area contributed by atoms with E-state index in [1.54, 1.807) is 11.8 Å². The number of benzene rings is 1. The Morgan fingerprint density at radius 3 is 2.67 bits per heavy atom. The molecule has 2 heterocycles. The van der Waals surface area contributed by atoms with Gasteiger partial charge in [-0.25, -0.2) is 4.98 Å². The topological polar surface area (TPSA) is 17.3 Å². The fraction of sp³-hybridized carbons (Fsp3) is 0.133. The molecule has 0 saturated carbocycles. The quantitative estimate of drug-likeness (QED) is 0.652. The van der Waals surface area contributed by atoms with Crippen molar-refractivity contribution < 1.29 is 0 Å². The molecule has 3 aromatic rings. The van der Waals surface area contributed by atoms with Crippen LogP contribution < -0.4 is 0 Å². The molecule has 0 radical (unpaired) electrons. The molecule has 0 aliphatic rings. The molecule has 0 saturated heterocycles. The molecule has 0 aliphatic carbocycles. The number of hydrogen-bond acceptors (Lipinski definition) is 2. The lowest BCUT2D eigenvalue weighted by Crippen LogP contribution is -1.91. The van der Waals surface area contributed by atoms with Gasteiger partial charge in [-0.3, -0.25) is 4.40 Å². The third kappa shape index (κ3) is 2.14. The predicted molar refractivity (Wildman–Crippen MR) is 75.9 cm³/mol. The van der Waals surface area contributed by atoms with Crippen LogP contribution in [0.15, 0.2) is 66.1 Å². The minimum atomic E-state index is 0.400. The number of pyridine rings is 1. The first-order chi connectivity index (χ1) is 8.84. The summed E-state index contributed by atoms with van der Waals surface area (Å²) in [5.41, 5.74) is 2.47. The maximum atomic E-state index is 4.49. The first-order valence-electron chi connectivity index (χ1n) is 5.98. The van der Waals surface area contributed by atoms with Crippen molar-refractivity contribution >= 4 is 17.3 Å². The molecule has 2 nitrogen and oxygen atoms in total. The second kappa shape index (κ2) is 4.86.